The quantitative estimate of drug-likeness (QED) is 0.776. The average molecular weight is 353 g/mol. The number of fused-ring (bicyclic) bond motifs is 1. The summed E-state index contributed by atoms with van der Waals surface area (Å²) in [6.07, 6.45) is 5.78. The van der Waals surface area contributed by atoms with Gasteiger partial charge in [-0.1, -0.05) is 11.3 Å². The predicted molar refractivity (Wildman–Crippen MR) is 97.5 cm³/mol. The Morgan fingerprint density at radius 2 is 2.04 bits per heavy atom. The SMILES string of the molecule is Cc1nnc(-c2cnc3cnc(CC(=O)C4CCNCC4)cc3c2)s1. The molecule has 0 unspecified atom stereocenters. The molecule has 3 aromatic heterocycles. The number of carbonyl (C=O) groups is 1. The van der Waals surface area contributed by atoms with Gasteiger partial charge in [0.25, 0.3) is 0 Å². The first kappa shape index (κ1) is 16.2. The van der Waals surface area contributed by atoms with E-state index >= 15 is 0 Å². The zero-order valence-electron chi connectivity index (χ0n) is 14.0. The Hall–Kier alpha value is -2.25. The van der Waals surface area contributed by atoms with Crippen molar-refractivity contribution in [2.24, 2.45) is 5.92 Å². The van der Waals surface area contributed by atoms with E-state index in [-0.39, 0.29) is 11.7 Å². The Bertz CT molecular complexity index is 917. The fourth-order valence-corrected chi connectivity index (χ4v) is 3.84. The smallest absolute Gasteiger partial charge is 0.149 e. The van der Waals surface area contributed by atoms with Crippen LogP contribution in [0.3, 0.4) is 0 Å². The molecule has 0 atom stereocenters. The third kappa shape index (κ3) is 3.57. The van der Waals surface area contributed by atoms with Crippen LogP contribution in [-0.4, -0.2) is 39.0 Å². The number of rotatable bonds is 4. The molecule has 1 aliphatic rings. The van der Waals surface area contributed by atoms with E-state index in [4.69, 9.17) is 0 Å². The van der Waals surface area contributed by atoms with E-state index in [2.05, 4.69) is 25.5 Å². The van der Waals surface area contributed by atoms with Gasteiger partial charge < -0.3 is 5.32 Å². The number of hydrogen-bond acceptors (Lipinski definition) is 7. The fraction of sp³-hybridized carbons (Fsp3) is 0.389. The van der Waals surface area contributed by atoms with Crippen LogP contribution in [0.1, 0.15) is 23.5 Å². The predicted octanol–water partition coefficient (Wildman–Crippen LogP) is 2.57. The lowest BCUT2D eigenvalue weighted by molar-refractivity contribution is -0.123. The van der Waals surface area contributed by atoms with E-state index in [1.165, 1.54) is 0 Å². The van der Waals surface area contributed by atoms with Gasteiger partial charge in [0.05, 0.1) is 11.7 Å². The number of Topliss-reactive ketones (excluding diaryl/α,β-unsaturated/α-hetero) is 1. The molecule has 0 aliphatic carbocycles. The van der Waals surface area contributed by atoms with Crippen molar-refractivity contribution in [1.29, 1.82) is 0 Å². The number of pyridine rings is 2. The van der Waals surface area contributed by atoms with Gasteiger partial charge in [0.15, 0.2) is 0 Å². The summed E-state index contributed by atoms with van der Waals surface area (Å²) >= 11 is 1.55. The van der Waals surface area contributed by atoms with Crippen LogP contribution in [0.4, 0.5) is 0 Å². The molecule has 1 aliphatic heterocycles. The second-order valence-corrected chi connectivity index (χ2v) is 7.57. The summed E-state index contributed by atoms with van der Waals surface area (Å²) in [6, 6.07) is 4.02. The molecular weight excluding hydrogens is 334 g/mol. The Balaban J connectivity index is 1.59. The van der Waals surface area contributed by atoms with E-state index in [0.717, 1.165) is 58.1 Å². The first-order valence-electron chi connectivity index (χ1n) is 8.47. The Labute approximate surface area is 149 Å². The molecule has 6 nitrogen and oxygen atoms in total. The van der Waals surface area contributed by atoms with Gasteiger partial charge in [-0.3, -0.25) is 14.8 Å². The molecule has 0 aromatic carbocycles. The third-order valence-electron chi connectivity index (χ3n) is 4.55. The third-order valence-corrected chi connectivity index (χ3v) is 5.43. The summed E-state index contributed by atoms with van der Waals surface area (Å²) in [4.78, 5) is 21.4. The van der Waals surface area contributed by atoms with Gasteiger partial charge in [-0.05, 0) is 45.0 Å². The van der Waals surface area contributed by atoms with Crippen molar-refractivity contribution in [3.63, 3.8) is 0 Å². The number of ketones is 1. The van der Waals surface area contributed by atoms with Crippen molar-refractivity contribution >= 4 is 28.0 Å². The molecule has 1 saturated heterocycles. The molecule has 3 aromatic rings. The maximum atomic E-state index is 12.5. The van der Waals surface area contributed by atoms with Gasteiger partial charge in [-0.2, -0.15) is 0 Å². The van der Waals surface area contributed by atoms with Crippen molar-refractivity contribution < 1.29 is 4.79 Å². The number of aromatic nitrogens is 4. The Morgan fingerprint density at radius 3 is 2.80 bits per heavy atom. The zero-order valence-corrected chi connectivity index (χ0v) is 14.8. The van der Waals surface area contributed by atoms with E-state index in [9.17, 15) is 4.79 Å². The molecule has 0 amide bonds. The zero-order chi connectivity index (χ0) is 17.2. The van der Waals surface area contributed by atoms with Crippen LogP contribution in [0, 0.1) is 12.8 Å². The maximum Gasteiger partial charge on any atom is 0.149 e. The summed E-state index contributed by atoms with van der Waals surface area (Å²) in [6.45, 7) is 3.79. The fourth-order valence-electron chi connectivity index (χ4n) is 3.17. The van der Waals surface area contributed by atoms with E-state index in [0.29, 0.717) is 6.42 Å². The van der Waals surface area contributed by atoms with Gasteiger partial charge in [-0.15, -0.1) is 10.2 Å². The number of nitrogens with zero attached hydrogens (tertiary/aromatic N) is 4. The number of hydrogen-bond donors (Lipinski definition) is 1. The van der Waals surface area contributed by atoms with Gasteiger partial charge in [0.2, 0.25) is 0 Å². The normalized spacial score (nSPS) is 15.6. The monoisotopic (exact) mass is 353 g/mol. The van der Waals surface area contributed by atoms with Crippen LogP contribution in [0.2, 0.25) is 0 Å². The molecule has 0 radical (unpaired) electrons. The highest BCUT2D eigenvalue weighted by molar-refractivity contribution is 7.14. The lowest BCUT2D eigenvalue weighted by Crippen LogP contribution is -2.32. The Kier molecular flexibility index (Phi) is 4.50. The molecular formula is C18H19N5OS. The number of carbonyl (C=O) groups excluding carboxylic acids is 1. The highest BCUT2D eigenvalue weighted by Gasteiger charge is 2.21. The van der Waals surface area contributed by atoms with Crippen LogP contribution < -0.4 is 5.32 Å². The molecule has 4 rings (SSSR count). The summed E-state index contributed by atoms with van der Waals surface area (Å²) < 4.78 is 0. The maximum absolute atomic E-state index is 12.5. The minimum atomic E-state index is 0.160. The second-order valence-electron chi connectivity index (χ2n) is 6.39. The first-order valence-corrected chi connectivity index (χ1v) is 9.29. The minimum absolute atomic E-state index is 0.160. The van der Waals surface area contributed by atoms with Crippen LogP contribution in [0.15, 0.2) is 24.5 Å². The van der Waals surface area contributed by atoms with E-state index < -0.39 is 0 Å². The van der Waals surface area contributed by atoms with Crippen LogP contribution in [0.5, 0.6) is 0 Å². The summed E-state index contributed by atoms with van der Waals surface area (Å²) in [5.41, 5.74) is 2.58. The molecule has 128 valence electrons. The van der Waals surface area contributed by atoms with Crippen LogP contribution in [0.25, 0.3) is 21.5 Å². The first-order chi connectivity index (χ1) is 12.2. The molecule has 0 saturated carbocycles. The lowest BCUT2D eigenvalue weighted by Gasteiger charge is -2.21. The van der Waals surface area contributed by atoms with Crippen molar-refractivity contribution in [3.05, 3.63) is 35.2 Å². The number of piperidine rings is 1. The van der Waals surface area contributed by atoms with Gasteiger partial charge in [-0.25, -0.2) is 0 Å². The standard InChI is InChI=1S/C18H19N5OS/c1-11-22-23-18(25-11)14-6-13-7-15(20-10-16(13)21-9-14)8-17(24)12-2-4-19-5-3-12/h6-7,9-10,12,19H,2-5,8H2,1H3. The van der Waals surface area contributed by atoms with Gasteiger partial charge in [0, 0.05) is 35.2 Å². The van der Waals surface area contributed by atoms with Gasteiger partial charge >= 0.3 is 0 Å². The van der Waals surface area contributed by atoms with E-state index in [1.54, 1.807) is 23.7 Å². The van der Waals surface area contributed by atoms with Crippen molar-refractivity contribution in [2.75, 3.05) is 13.1 Å². The molecule has 1 fully saturated rings. The average Bonchev–Trinajstić information content (AvgIpc) is 3.08. The van der Waals surface area contributed by atoms with Crippen molar-refractivity contribution in [1.82, 2.24) is 25.5 Å². The van der Waals surface area contributed by atoms with Crippen LogP contribution in [-0.2, 0) is 11.2 Å². The molecule has 0 spiro atoms. The summed E-state index contributed by atoms with van der Waals surface area (Å²) in [7, 11) is 0. The second kappa shape index (κ2) is 6.93. The van der Waals surface area contributed by atoms with Gasteiger partial charge in [0.1, 0.15) is 15.8 Å². The highest BCUT2D eigenvalue weighted by atomic mass is 32.1. The Morgan fingerprint density at radius 1 is 1.20 bits per heavy atom. The largest absolute Gasteiger partial charge is 0.317 e. The lowest BCUT2D eigenvalue weighted by atomic mass is 9.91. The van der Waals surface area contributed by atoms with Crippen molar-refractivity contribution in [2.45, 2.75) is 26.2 Å². The molecule has 7 heteroatoms. The number of aryl methyl sites for hydroxylation is 1. The summed E-state index contributed by atoms with van der Waals surface area (Å²) in [5, 5.41) is 14.3. The highest BCUT2D eigenvalue weighted by Crippen LogP contribution is 2.25. The molecule has 25 heavy (non-hydrogen) atoms. The molecule has 0 bridgehead atoms. The van der Waals surface area contributed by atoms with E-state index in [1.807, 2.05) is 19.1 Å². The molecule has 1 N–H and O–H groups in total. The number of nitrogens with one attached hydrogen (secondary N) is 1. The van der Waals surface area contributed by atoms with Crippen LogP contribution >= 0.6 is 11.3 Å². The molecule has 4 heterocycles. The topological polar surface area (TPSA) is 80.7 Å². The minimum Gasteiger partial charge on any atom is -0.317 e. The van der Waals surface area contributed by atoms with Crippen molar-refractivity contribution in [3.8, 4) is 10.6 Å². The summed E-state index contributed by atoms with van der Waals surface area (Å²) in [5.74, 6) is 0.449.